The Labute approximate surface area is 886 Å². The smallest absolute Gasteiger partial charge is 0.0540 e. The predicted octanol–water partition coefficient (Wildman–Crippen LogP) is 43.7. The van der Waals surface area contributed by atoms with Crippen LogP contribution in [0.2, 0.25) is 0 Å². The lowest BCUT2D eigenvalue weighted by molar-refractivity contribution is 1.28. The molecule has 0 aliphatic rings. The second-order valence-electron chi connectivity index (χ2n) is 38.0. The van der Waals surface area contributed by atoms with Gasteiger partial charge in [-0.05, 0) is 270 Å². The van der Waals surface area contributed by atoms with Gasteiger partial charge in [0.1, 0.15) is 0 Å². The standard InChI is InChI=1S/C48H31NS2.2C46H29NS2/c1-2-9-32(10-3-1)33-17-24-37(25-18-33)49(38-26-19-34(20-27-38)36-23-30-47-44(31-36)42-12-5-6-15-45(42)50-47)39-28-21-35(22-29-39)40-13-8-14-43-41-11-4-7-16-46(41)51-48(40)43;1-2-11-36-31(9-1)10-7-16-42(36)47(34-24-19-30(20-25-34)33-23-28-45-41(29-33)39-13-4-5-17-43(39)48-45)35-26-21-32(22-27-35)37-14-8-15-40-38-12-3-6-18-44(38)49-46(37)40;1-2-9-33-28-37(26-18-30(33)8-1)47(35-22-16-31(17-23-35)34-21-27-45-42(29-34)40-11-4-5-14-43(40)48-45)36-24-19-32(20-25-36)38-12-7-13-41-39-10-3-6-15-44(39)49-46(38)41/h1-31H;2*1-29H. The van der Waals surface area contributed by atoms with Crippen LogP contribution in [0.15, 0.2) is 540 Å². The molecule has 700 valence electrons. The first kappa shape index (κ1) is 89.2. The van der Waals surface area contributed by atoms with Crippen molar-refractivity contribution in [2.24, 2.45) is 0 Å². The molecule has 30 aromatic rings. The van der Waals surface area contributed by atoms with E-state index < -0.39 is 0 Å². The molecule has 0 N–H and O–H groups in total. The van der Waals surface area contributed by atoms with E-state index in [1.807, 2.05) is 68.0 Å². The lowest BCUT2D eigenvalue weighted by atomic mass is 10.0. The summed E-state index contributed by atoms with van der Waals surface area (Å²) in [5.74, 6) is 0. The van der Waals surface area contributed by atoms with Gasteiger partial charge in [-0.1, -0.05) is 364 Å². The highest BCUT2D eigenvalue weighted by Crippen LogP contribution is 2.51. The lowest BCUT2D eigenvalue weighted by Crippen LogP contribution is -2.10. The fraction of sp³-hybridized carbons (Fsp3) is 0. The SMILES string of the molecule is c1ccc(-c2ccc(N(c3ccc(-c4ccc5sc6ccccc6c5c4)cc3)c3ccc(-c4cccc5c4sc4ccccc45)cc3)cc2)cc1.c1ccc2c(N(c3ccc(-c4ccc5sc6ccccc6c5c4)cc3)c3ccc(-c4cccc5c4sc4ccccc45)cc3)cccc2c1.c1ccc2cc(N(c3ccc(-c4ccc5sc6ccccc6c5c4)cc3)c3ccc(-c4cccc5c4sc4ccccc45)cc3)ccc2c1. The minimum absolute atomic E-state index is 1.12. The van der Waals surface area contributed by atoms with Crippen LogP contribution in [-0.4, -0.2) is 0 Å². The van der Waals surface area contributed by atoms with Crippen LogP contribution in [0.25, 0.3) is 220 Å². The molecule has 0 saturated carbocycles. The number of hydrogen-bond donors (Lipinski definition) is 0. The normalized spacial score (nSPS) is 11.6. The van der Waals surface area contributed by atoms with Crippen molar-refractivity contribution in [1.82, 2.24) is 0 Å². The second-order valence-corrected chi connectivity index (χ2v) is 44.4. The zero-order valence-corrected chi connectivity index (χ0v) is 85.6. The first-order chi connectivity index (χ1) is 73.8. The van der Waals surface area contributed by atoms with Gasteiger partial charge in [0, 0.05) is 172 Å². The Morgan fingerprint density at radius 2 is 0.349 bits per heavy atom. The van der Waals surface area contributed by atoms with Gasteiger partial charge in [-0.15, -0.1) is 68.0 Å². The minimum Gasteiger partial charge on any atom is -0.311 e. The molecule has 0 unspecified atom stereocenters. The van der Waals surface area contributed by atoms with Crippen LogP contribution in [0.1, 0.15) is 0 Å². The van der Waals surface area contributed by atoms with Crippen molar-refractivity contribution in [3.05, 3.63) is 540 Å². The van der Waals surface area contributed by atoms with Gasteiger partial charge in [0.2, 0.25) is 0 Å². The summed E-state index contributed by atoms with van der Waals surface area (Å²) < 4.78 is 16.0. The van der Waals surface area contributed by atoms with Gasteiger partial charge in [-0.2, -0.15) is 0 Å². The molecule has 149 heavy (non-hydrogen) atoms. The van der Waals surface area contributed by atoms with E-state index in [2.05, 4.69) is 555 Å². The highest BCUT2D eigenvalue weighted by Gasteiger charge is 2.24. The molecule has 0 saturated heterocycles. The first-order valence-electron chi connectivity index (χ1n) is 50.4. The van der Waals surface area contributed by atoms with Crippen molar-refractivity contribution in [2.45, 2.75) is 0 Å². The van der Waals surface area contributed by atoms with Crippen LogP contribution in [0.3, 0.4) is 0 Å². The summed E-state index contributed by atoms with van der Waals surface area (Å²) in [5.41, 5.74) is 27.4. The molecule has 0 aliphatic carbocycles. The van der Waals surface area contributed by atoms with Gasteiger partial charge in [-0.3, -0.25) is 0 Å². The molecule has 30 rings (SSSR count). The van der Waals surface area contributed by atoms with Crippen LogP contribution >= 0.6 is 68.0 Å². The number of fused-ring (bicyclic) bond motifs is 20. The lowest BCUT2D eigenvalue weighted by Gasteiger charge is -2.27. The van der Waals surface area contributed by atoms with Crippen LogP contribution < -0.4 is 14.7 Å². The maximum atomic E-state index is 2.39. The molecule has 0 spiro atoms. The molecule has 9 heteroatoms. The number of hydrogen-bond acceptors (Lipinski definition) is 9. The van der Waals surface area contributed by atoms with Gasteiger partial charge in [0.25, 0.3) is 0 Å². The van der Waals surface area contributed by atoms with Crippen molar-refractivity contribution in [2.75, 3.05) is 14.7 Å². The van der Waals surface area contributed by atoms with E-state index in [9.17, 15) is 0 Å². The maximum absolute atomic E-state index is 2.39. The van der Waals surface area contributed by atoms with E-state index in [0.717, 1.165) is 51.2 Å². The highest BCUT2D eigenvalue weighted by atomic mass is 32.1. The summed E-state index contributed by atoms with van der Waals surface area (Å²) >= 11 is 11.2. The zero-order valence-electron chi connectivity index (χ0n) is 80.7. The van der Waals surface area contributed by atoms with Crippen molar-refractivity contribution in [3.8, 4) is 77.9 Å². The van der Waals surface area contributed by atoms with Crippen LogP contribution in [0.5, 0.6) is 0 Å². The van der Waals surface area contributed by atoms with Crippen molar-refractivity contribution < 1.29 is 0 Å². The summed E-state index contributed by atoms with van der Waals surface area (Å²) in [6.07, 6.45) is 0. The molecule has 0 bridgehead atoms. The summed E-state index contributed by atoms with van der Waals surface area (Å²) in [7, 11) is 0. The summed E-state index contributed by atoms with van der Waals surface area (Å²) in [6, 6.07) is 197. The zero-order chi connectivity index (χ0) is 98.4. The molecular weight excluding hydrogens is 1920 g/mol. The summed E-state index contributed by atoms with van der Waals surface area (Å²) in [6.45, 7) is 0. The van der Waals surface area contributed by atoms with Gasteiger partial charge >= 0.3 is 0 Å². The third kappa shape index (κ3) is 16.6. The summed E-state index contributed by atoms with van der Waals surface area (Å²) in [4.78, 5) is 7.12. The molecule has 0 amide bonds. The fourth-order valence-corrected chi connectivity index (χ4v) is 28.9. The number of rotatable bonds is 16. The molecule has 0 aliphatic heterocycles. The first-order valence-corrected chi connectivity index (χ1v) is 55.3. The number of benzene rings is 24. The van der Waals surface area contributed by atoms with Gasteiger partial charge in [0.15, 0.2) is 0 Å². The van der Waals surface area contributed by atoms with E-state index in [4.69, 9.17) is 0 Å². The Kier molecular flexibility index (Phi) is 22.8. The monoisotopic (exact) mass is 2000 g/mol. The van der Waals surface area contributed by atoms with E-state index in [1.165, 1.54) is 220 Å². The van der Waals surface area contributed by atoms with Crippen LogP contribution in [0.4, 0.5) is 51.2 Å². The minimum atomic E-state index is 1.12. The van der Waals surface area contributed by atoms with Crippen LogP contribution in [-0.2, 0) is 0 Å². The van der Waals surface area contributed by atoms with Gasteiger partial charge in [0.05, 0.1) is 5.69 Å². The van der Waals surface area contributed by atoms with Crippen molar-refractivity contribution in [1.29, 1.82) is 0 Å². The Morgan fingerprint density at radius 3 is 0.711 bits per heavy atom. The predicted molar refractivity (Wildman–Crippen MR) is 654 cm³/mol. The van der Waals surface area contributed by atoms with Gasteiger partial charge < -0.3 is 14.7 Å². The van der Waals surface area contributed by atoms with Crippen molar-refractivity contribution in [3.63, 3.8) is 0 Å². The Bertz CT molecular complexity index is 10300. The molecule has 0 fully saturated rings. The number of nitrogens with zero attached hydrogens (tertiary/aromatic N) is 3. The quantitative estimate of drug-likeness (QED) is 0.0955. The summed E-state index contributed by atoms with van der Waals surface area (Å²) in [5, 5.41) is 20.8. The fourth-order valence-electron chi connectivity index (χ4n) is 21.9. The van der Waals surface area contributed by atoms with E-state index in [-0.39, 0.29) is 0 Å². The molecule has 3 nitrogen and oxygen atoms in total. The van der Waals surface area contributed by atoms with E-state index >= 15 is 0 Å². The molecular formula is C140H89N3S6. The van der Waals surface area contributed by atoms with Crippen LogP contribution in [0, 0.1) is 0 Å². The average Bonchev–Trinajstić information content (AvgIpc) is 1.53. The van der Waals surface area contributed by atoms with E-state index in [1.54, 1.807) is 0 Å². The molecule has 0 atom stereocenters. The second kappa shape index (κ2) is 38.2. The Morgan fingerprint density at radius 1 is 0.114 bits per heavy atom. The average molecular weight is 2010 g/mol. The maximum Gasteiger partial charge on any atom is 0.0540 e. The molecule has 6 aromatic heterocycles. The third-order valence-electron chi connectivity index (χ3n) is 29.3. The molecule has 0 radical (unpaired) electrons. The number of thiophene rings is 6. The Hall–Kier alpha value is -17.5. The topological polar surface area (TPSA) is 9.72 Å². The Balaban J connectivity index is 0.000000108. The van der Waals surface area contributed by atoms with Gasteiger partial charge in [-0.25, -0.2) is 0 Å². The largest absolute Gasteiger partial charge is 0.311 e. The molecule has 24 aromatic carbocycles. The number of anilines is 9. The third-order valence-corrected chi connectivity index (χ3v) is 36.4. The highest BCUT2D eigenvalue weighted by molar-refractivity contribution is 7.28. The molecule has 6 heterocycles. The van der Waals surface area contributed by atoms with E-state index in [0.29, 0.717) is 0 Å². The van der Waals surface area contributed by atoms with Crippen molar-refractivity contribution >= 4 is 262 Å².